The molecule has 0 fully saturated rings. The molecule has 2 bridgehead atoms. The van der Waals surface area contributed by atoms with Crippen LogP contribution in [0.15, 0.2) is 113 Å². The Morgan fingerprint density at radius 3 is 2.48 bits per heavy atom. The second-order valence-corrected chi connectivity index (χ2v) is 7.73. The lowest BCUT2D eigenvalue weighted by molar-refractivity contribution is 0.998. The van der Waals surface area contributed by atoms with E-state index in [4.69, 9.17) is 0 Å². The van der Waals surface area contributed by atoms with Crippen LogP contribution in [0.2, 0.25) is 0 Å². The summed E-state index contributed by atoms with van der Waals surface area (Å²) in [7, 11) is 0. The Bertz CT molecular complexity index is 1110. The van der Waals surface area contributed by atoms with Gasteiger partial charge in [0, 0.05) is 21.8 Å². The zero-order valence-corrected chi connectivity index (χ0v) is 16.3. The number of halogens is 1. The summed E-state index contributed by atoms with van der Waals surface area (Å²) >= 11 is 3.58. The van der Waals surface area contributed by atoms with E-state index in [0.717, 1.165) is 4.47 Å². The summed E-state index contributed by atoms with van der Waals surface area (Å²) in [5.41, 5.74) is 7.41. The second-order valence-electron chi connectivity index (χ2n) is 6.82. The van der Waals surface area contributed by atoms with Crippen molar-refractivity contribution in [2.45, 2.75) is 5.92 Å². The summed E-state index contributed by atoms with van der Waals surface area (Å²) in [6, 6.07) is 25.9. The van der Waals surface area contributed by atoms with Crippen LogP contribution < -0.4 is 4.90 Å². The molecular weight excluding hydrogens is 394 g/mol. The van der Waals surface area contributed by atoms with Crippen LogP contribution >= 0.6 is 15.9 Å². The van der Waals surface area contributed by atoms with E-state index in [0.29, 0.717) is 5.92 Å². The van der Waals surface area contributed by atoms with Crippen molar-refractivity contribution in [3.63, 3.8) is 0 Å². The van der Waals surface area contributed by atoms with Gasteiger partial charge in [0.2, 0.25) is 0 Å². The van der Waals surface area contributed by atoms with E-state index in [9.17, 15) is 0 Å². The normalized spacial score (nSPS) is 17.3. The molecule has 130 valence electrons. The van der Waals surface area contributed by atoms with Crippen LogP contribution in [-0.2, 0) is 0 Å². The van der Waals surface area contributed by atoms with Crippen LogP contribution in [-0.4, -0.2) is 0 Å². The highest BCUT2D eigenvalue weighted by Gasteiger charge is 2.25. The number of benzene rings is 3. The Kier molecular flexibility index (Phi) is 4.06. The first-order valence-electron chi connectivity index (χ1n) is 9.11. The predicted molar refractivity (Wildman–Crippen MR) is 117 cm³/mol. The van der Waals surface area contributed by atoms with Gasteiger partial charge in [-0.25, -0.2) is 0 Å². The molecule has 1 nitrogen and oxygen atoms in total. The zero-order valence-electron chi connectivity index (χ0n) is 14.7. The van der Waals surface area contributed by atoms with Gasteiger partial charge in [-0.15, -0.1) is 0 Å². The minimum Gasteiger partial charge on any atom is -0.310 e. The van der Waals surface area contributed by atoms with Crippen molar-refractivity contribution in [2.75, 3.05) is 4.90 Å². The van der Waals surface area contributed by atoms with Crippen LogP contribution in [0.4, 0.5) is 11.4 Å². The first-order chi connectivity index (χ1) is 13.3. The van der Waals surface area contributed by atoms with Gasteiger partial charge in [0.25, 0.3) is 0 Å². The van der Waals surface area contributed by atoms with Gasteiger partial charge in [0.05, 0.1) is 5.69 Å². The number of fused-ring (bicyclic) bond motifs is 3. The van der Waals surface area contributed by atoms with Crippen molar-refractivity contribution in [3.05, 3.63) is 119 Å². The van der Waals surface area contributed by atoms with Gasteiger partial charge >= 0.3 is 0 Å². The van der Waals surface area contributed by atoms with E-state index in [1.165, 1.54) is 33.8 Å². The highest BCUT2D eigenvalue weighted by molar-refractivity contribution is 9.10. The first-order valence-corrected chi connectivity index (χ1v) is 9.91. The minimum atomic E-state index is 0.329. The molecule has 27 heavy (non-hydrogen) atoms. The van der Waals surface area contributed by atoms with Crippen LogP contribution in [0.25, 0.3) is 11.1 Å². The number of hydrogen-bond acceptors (Lipinski definition) is 1. The molecule has 0 spiro atoms. The molecule has 1 aliphatic heterocycles. The molecule has 3 aromatic carbocycles. The maximum absolute atomic E-state index is 3.58. The van der Waals surface area contributed by atoms with Crippen molar-refractivity contribution in [3.8, 4) is 11.1 Å². The fourth-order valence-corrected chi connectivity index (χ4v) is 4.27. The van der Waals surface area contributed by atoms with E-state index >= 15 is 0 Å². The SMILES string of the molecule is Brc1cccc(-c2cccc(N3C4=CC(C=CC=C4)c4ccccc43)c2)c1. The molecular formula is C25H18BrN. The standard InChI is InChI=1S/C25H18BrN/c26-21-10-5-8-18(15-21)19-9-6-12-23(16-19)27-22-11-2-1-7-20(17-22)24-13-3-4-14-25(24)27/h1-17,20H. The number of allylic oxidation sites excluding steroid dienone is 5. The smallest absolute Gasteiger partial charge is 0.0502 e. The van der Waals surface area contributed by atoms with Crippen molar-refractivity contribution >= 4 is 27.3 Å². The average molecular weight is 412 g/mol. The van der Waals surface area contributed by atoms with Crippen molar-refractivity contribution < 1.29 is 0 Å². The molecule has 0 radical (unpaired) electrons. The van der Waals surface area contributed by atoms with Gasteiger partial charge in [-0.3, -0.25) is 0 Å². The topological polar surface area (TPSA) is 3.24 Å². The largest absolute Gasteiger partial charge is 0.310 e. The molecule has 3 aromatic rings. The number of nitrogens with zero attached hydrogens (tertiary/aromatic N) is 1. The quantitative estimate of drug-likeness (QED) is 0.425. The summed E-state index contributed by atoms with van der Waals surface area (Å²) in [4.78, 5) is 2.36. The Hall–Kier alpha value is -2.84. The average Bonchev–Trinajstić information content (AvgIpc) is 2.92. The lowest BCUT2D eigenvalue weighted by Crippen LogP contribution is -2.21. The fourth-order valence-electron chi connectivity index (χ4n) is 3.87. The summed E-state index contributed by atoms with van der Waals surface area (Å²) < 4.78 is 1.09. The van der Waals surface area contributed by atoms with Crippen molar-refractivity contribution in [1.82, 2.24) is 0 Å². The number of rotatable bonds is 2. The zero-order chi connectivity index (χ0) is 18.2. The molecule has 0 aromatic heterocycles. The van der Waals surface area contributed by atoms with Crippen molar-refractivity contribution in [2.24, 2.45) is 0 Å². The van der Waals surface area contributed by atoms with Crippen LogP contribution in [0, 0.1) is 0 Å². The molecule has 1 aliphatic carbocycles. The number of hydrogen-bond donors (Lipinski definition) is 0. The van der Waals surface area contributed by atoms with Crippen LogP contribution in [0.5, 0.6) is 0 Å². The second kappa shape index (κ2) is 6.71. The van der Waals surface area contributed by atoms with Gasteiger partial charge in [0.15, 0.2) is 0 Å². The van der Waals surface area contributed by atoms with Crippen LogP contribution in [0.3, 0.4) is 0 Å². The lowest BCUT2D eigenvalue weighted by atomic mass is 9.91. The Balaban J connectivity index is 1.66. The third-order valence-corrected chi connectivity index (χ3v) is 5.60. The molecule has 0 amide bonds. The molecule has 2 heteroatoms. The van der Waals surface area contributed by atoms with Crippen LogP contribution in [0.1, 0.15) is 11.5 Å². The molecule has 0 saturated heterocycles. The summed E-state index contributed by atoms with van der Waals surface area (Å²) in [5.74, 6) is 0.329. The highest BCUT2D eigenvalue weighted by atomic mass is 79.9. The molecule has 0 saturated carbocycles. The first kappa shape index (κ1) is 16.3. The van der Waals surface area contributed by atoms with E-state index < -0.39 is 0 Å². The van der Waals surface area contributed by atoms with Gasteiger partial charge < -0.3 is 4.90 Å². The van der Waals surface area contributed by atoms with E-state index in [-0.39, 0.29) is 0 Å². The minimum absolute atomic E-state index is 0.329. The fraction of sp³-hybridized carbons (Fsp3) is 0.0400. The Morgan fingerprint density at radius 2 is 1.59 bits per heavy atom. The van der Waals surface area contributed by atoms with Gasteiger partial charge in [-0.05, 0) is 59.2 Å². The van der Waals surface area contributed by atoms with Gasteiger partial charge in [-0.1, -0.05) is 76.6 Å². The predicted octanol–water partition coefficient (Wildman–Crippen LogP) is 7.36. The van der Waals surface area contributed by atoms with E-state index in [1.807, 2.05) is 0 Å². The Labute approximate surface area is 168 Å². The van der Waals surface area contributed by atoms with Crippen molar-refractivity contribution in [1.29, 1.82) is 0 Å². The monoisotopic (exact) mass is 411 g/mol. The maximum Gasteiger partial charge on any atom is 0.0502 e. The molecule has 0 N–H and O–H groups in total. The molecule has 1 heterocycles. The number of anilines is 2. The molecule has 1 atom stereocenters. The molecule has 5 rings (SSSR count). The third kappa shape index (κ3) is 2.96. The molecule has 2 aliphatic rings. The Morgan fingerprint density at radius 1 is 0.778 bits per heavy atom. The van der Waals surface area contributed by atoms with Gasteiger partial charge in [-0.2, -0.15) is 0 Å². The summed E-state index contributed by atoms with van der Waals surface area (Å²) in [6.07, 6.45) is 11.1. The number of para-hydroxylation sites is 1. The van der Waals surface area contributed by atoms with E-state index in [1.54, 1.807) is 0 Å². The van der Waals surface area contributed by atoms with Gasteiger partial charge in [0.1, 0.15) is 0 Å². The maximum atomic E-state index is 3.58. The molecule has 1 unspecified atom stereocenters. The summed E-state index contributed by atoms with van der Waals surface area (Å²) in [6.45, 7) is 0. The summed E-state index contributed by atoms with van der Waals surface area (Å²) in [5, 5.41) is 0. The highest BCUT2D eigenvalue weighted by Crippen LogP contribution is 2.43. The lowest BCUT2D eigenvalue weighted by Gasteiger charge is -2.34. The van der Waals surface area contributed by atoms with E-state index in [2.05, 4.69) is 124 Å². The third-order valence-electron chi connectivity index (χ3n) is 5.10.